The molecule has 0 N–H and O–H groups in total. The van der Waals surface area contributed by atoms with E-state index >= 15 is 0 Å². The van der Waals surface area contributed by atoms with Gasteiger partial charge in [0, 0.05) is 31.2 Å². The van der Waals surface area contributed by atoms with Gasteiger partial charge in [0.05, 0.1) is 6.04 Å². The maximum Gasteiger partial charge on any atom is 0.0602 e. The Labute approximate surface area is 144 Å². The molecule has 2 aromatic rings. The minimum absolute atomic E-state index is 0. The first-order valence-electron chi connectivity index (χ1n) is 7.47. The van der Waals surface area contributed by atoms with E-state index < -0.39 is 0 Å². The summed E-state index contributed by atoms with van der Waals surface area (Å²) in [6.45, 7) is 4.44. The predicted octanol–water partition coefficient (Wildman–Crippen LogP) is 0.681. The fourth-order valence-corrected chi connectivity index (χ4v) is 3.10. The molecule has 0 amide bonds. The Bertz CT molecular complexity index is 563. The highest BCUT2D eigenvalue weighted by Crippen LogP contribution is 2.30. The van der Waals surface area contributed by atoms with Crippen molar-refractivity contribution < 1.29 is 12.4 Å². The lowest BCUT2D eigenvalue weighted by Crippen LogP contribution is -3.00. The molecule has 0 aromatic heterocycles. The van der Waals surface area contributed by atoms with E-state index in [9.17, 15) is 0 Å². The van der Waals surface area contributed by atoms with E-state index in [4.69, 9.17) is 11.6 Å². The number of hydrogen-bond donors (Lipinski definition) is 0. The van der Waals surface area contributed by atoms with Crippen molar-refractivity contribution in [1.29, 1.82) is 0 Å². The van der Waals surface area contributed by atoms with Crippen molar-refractivity contribution in [3.63, 3.8) is 0 Å². The fraction of sp³-hybridized carbons (Fsp3) is 0.333. The highest BCUT2D eigenvalue weighted by Gasteiger charge is 2.25. The summed E-state index contributed by atoms with van der Waals surface area (Å²) in [5, 5.41) is 0.795. The molecule has 1 unspecified atom stereocenters. The van der Waals surface area contributed by atoms with Gasteiger partial charge in [0.1, 0.15) is 0 Å². The first kappa shape index (κ1) is 17.3. The summed E-state index contributed by atoms with van der Waals surface area (Å²) in [6, 6.07) is 19.4. The molecule has 2 nitrogen and oxygen atoms in total. The largest absolute Gasteiger partial charge is 1.00 e. The summed E-state index contributed by atoms with van der Waals surface area (Å²) in [5.74, 6) is 0. The summed E-state index contributed by atoms with van der Waals surface area (Å²) in [4.78, 5) is 4.96. The topological polar surface area (TPSA) is 6.48 Å². The van der Waals surface area contributed by atoms with Gasteiger partial charge in [-0.2, -0.15) is 0 Å². The molecule has 118 valence electrons. The second kappa shape index (κ2) is 7.98. The zero-order chi connectivity index (χ0) is 14.7. The maximum absolute atomic E-state index is 6.05. The SMILES string of the molecule is CN1CCN(C(c2ccccc2)c2ccc(Cl)cc2)CC1.[Cl-]. The van der Waals surface area contributed by atoms with Crippen molar-refractivity contribution in [3.8, 4) is 0 Å². The number of nitrogens with zero attached hydrogens (tertiary/aromatic N) is 2. The molecule has 2 aromatic carbocycles. The predicted molar refractivity (Wildman–Crippen MR) is 88.8 cm³/mol. The van der Waals surface area contributed by atoms with Crippen molar-refractivity contribution in [1.82, 2.24) is 9.80 Å². The molecule has 1 fully saturated rings. The van der Waals surface area contributed by atoms with Gasteiger partial charge in [0.2, 0.25) is 0 Å². The van der Waals surface area contributed by atoms with Crippen LogP contribution in [-0.4, -0.2) is 43.0 Å². The Hall–Kier alpha value is -1.06. The van der Waals surface area contributed by atoms with Crippen LogP contribution >= 0.6 is 11.6 Å². The van der Waals surface area contributed by atoms with Crippen molar-refractivity contribution in [2.24, 2.45) is 0 Å². The molecule has 1 aliphatic rings. The van der Waals surface area contributed by atoms with Crippen LogP contribution in [-0.2, 0) is 0 Å². The minimum atomic E-state index is 0. The van der Waals surface area contributed by atoms with Gasteiger partial charge in [-0.15, -0.1) is 0 Å². The van der Waals surface area contributed by atoms with Gasteiger partial charge in [0.25, 0.3) is 0 Å². The molecule has 0 radical (unpaired) electrons. The van der Waals surface area contributed by atoms with Crippen LogP contribution in [0.25, 0.3) is 0 Å². The molecule has 0 bridgehead atoms. The van der Waals surface area contributed by atoms with Gasteiger partial charge in [-0.05, 0) is 30.3 Å². The molecule has 3 rings (SSSR count). The normalized spacial score (nSPS) is 17.7. The maximum atomic E-state index is 6.05. The van der Waals surface area contributed by atoms with E-state index in [0.29, 0.717) is 6.04 Å². The zero-order valence-electron chi connectivity index (χ0n) is 12.8. The van der Waals surface area contributed by atoms with E-state index in [2.05, 4.69) is 59.3 Å². The molecule has 0 saturated carbocycles. The Morgan fingerprint density at radius 3 is 1.95 bits per heavy atom. The first-order chi connectivity index (χ1) is 10.2. The van der Waals surface area contributed by atoms with Gasteiger partial charge >= 0.3 is 0 Å². The average Bonchev–Trinajstić information content (AvgIpc) is 2.52. The van der Waals surface area contributed by atoms with Crippen molar-refractivity contribution in [2.45, 2.75) is 6.04 Å². The van der Waals surface area contributed by atoms with E-state index in [1.807, 2.05) is 12.1 Å². The van der Waals surface area contributed by atoms with Gasteiger partial charge in [-0.3, -0.25) is 4.90 Å². The van der Waals surface area contributed by atoms with Crippen LogP contribution in [0.3, 0.4) is 0 Å². The molecule has 1 atom stereocenters. The molecule has 1 saturated heterocycles. The Kier molecular flexibility index (Phi) is 6.27. The summed E-state index contributed by atoms with van der Waals surface area (Å²) < 4.78 is 0. The molecule has 0 spiro atoms. The van der Waals surface area contributed by atoms with Gasteiger partial charge < -0.3 is 17.3 Å². The number of piperazine rings is 1. The lowest BCUT2D eigenvalue weighted by Gasteiger charge is -2.38. The Morgan fingerprint density at radius 1 is 0.818 bits per heavy atom. The van der Waals surface area contributed by atoms with Crippen LogP contribution in [0, 0.1) is 0 Å². The first-order valence-corrected chi connectivity index (χ1v) is 7.85. The van der Waals surface area contributed by atoms with Crippen LogP contribution in [0.15, 0.2) is 54.6 Å². The van der Waals surface area contributed by atoms with Crippen molar-refractivity contribution in [3.05, 3.63) is 70.7 Å². The standard InChI is InChI=1S/C18H21ClN2.ClH/c1-20-11-13-21(14-12-20)18(15-5-3-2-4-6-15)16-7-9-17(19)10-8-16;/h2-10,18H,11-14H2,1H3;1H/p-1. The molecular weight excluding hydrogens is 315 g/mol. The lowest BCUT2D eigenvalue weighted by atomic mass is 9.96. The second-order valence-electron chi connectivity index (χ2n) is 5.70. The molecule has 1 aliphatic heterocycles. The Balaban J connectivity index is 0.00000176. The van der Waals surface area contributed by atoms with E-state index in [1.54, 1.807) is 0 Å². The number of likely N-dealkylation sites (N-methyl/N-ethyl adjacent to an activating group) is 1. The Morgan fingerprint density at radius 2 is 1.36 bits per heavy atom. The van der Waals surface area contributed by atoms with Crippen LogP contribution in [0.5, 0.6) is 0 Å². The molecule has 22 heavy (non-hydrogen) atoms. The van der Waals surface area contributed by atoms with E-state index in [-0.39, 0.29) is 12.4 Å². The van der Waals surface area contributed by atoms with Crippen LogP contribution < -0.4 is 12.4 Å². The van der Waals surface area contributed by atoms with Crippen molar-refractivity contribution >= 4 is 11.6 Å². The molecule has 1 heterocycles. The van der Waals surface area contributed by atoms with Crippen LogP contribution in [0.4, 0.5) is 0 Å². The molecule has 4 heteroatoms. The highest BCUT2D eigenvalue weighted by molar-refractivity contribution is 6.30. The van der Waals surface area contributed by atoms with E-state index in [0.717, 1.165) is 31.2 Å². The van der Waals surface area contributed by atoms with Crippen molar-refractivity contribution in [2.75, 3.05) is 33.2 Å². The molecular formula is C18H21Cl2N2-. The average molecular weight is 336 g/mol. The quantitative estimate of drug-likeness (QED) is 0.814. The van der Waals surface area contributed by atoms with Gasteiger partial charge in [-0.25, -0.2) is 0 Å². The number of rotatable bonds is 3. The second-order valence-corrected chi connectivity index (χ2v) is 6.14. The van der Waals surface area contributed by atoms with Gasteiger partial charge in [0.15, 0.2) is 0 Å². The summed E-state index contributed by atoms with van der Waals surface area (Å²) in [7, 11) is 2.19. The summed E-state index contributed by atoms with van der Waals surface area (Å²) in [5.41, 5.74) is 2.67. The smallest absolute Gasteiger partial charge is 0.0602 e. The monoisotopic (exact) mass is 335 g/mol. The number of benzene rings is 2. The minimum Gasteiger partial charge on any atom is -1.00 e. The van der Waals surface area contributed by atoms with E-state index in [1.165, 1.54) is 11.1 Å². The zero-order valence-corrected chi connectivity index (χ0v) is 14.3. The van der Waals surface area contributed by atoms with Gasteiger partial charge in [-0.1, -0.05) is 54.1 Å². The fourth-order valence-electron chi connectivity index (χ4n) is 2.97. The highest BCUT2D eigenvalue weighted by atomic mass is 35.5. The third kappa shape index (κ3) is 4.02. The molecule has 0 aliphatic carbocycles. The third-order valence-corrected chi connectivity index (χ3v) is 4.46. The number of halogens is 2. The van der Waals surface area contributed by atoms with Crippen LogP contribution in [0.1, 0.15) is 17.2 Å². The van der Waals surface area contributed by atoms with Crippen LogP contribution in [0.2, 0.25) is 5.02 Å². The summed E-state index contributed by atoms with van der Waals surface area (Å²) in [6.07, 6.45) is 0. The lowest BCUT2D eigenvalue weighted by molar-refractivity contribution is -0.00000416. The third-order valence-electron chi connectivity index (χ3n) is 4.20. The summed E-state index contributed by atoms with van der Waals surface area (Å²) >= 11 is 6.05. The number of hydrogen-bond acceptors (Lipinski definition) is 2.